The molecule has 0 spiro atoms. The zero-order valence-corrected chi connectivity index (χ0v) is 10.4. The Morgan fingerprint density at radius 1 is 1.35 bits per heavy atom. The van der Waals surface area contributed by atoms with Crippen molar-refractivity contribution in [1.82, 2.24) is 15.5 Å². The van der Waals surface area contributed by atoms with Crippen LogP contribution in [-0.4, -0.2) is 48.9 Å². The minimum Gasteiger partial charge on any atom is -0.344 e. The van der Waals surface area contributed by atoms with Crippen molar-refractivity contribution < 1.29 is 9.59 Å². The van der Waals surface area contributed by atoms with Gasteiger partial charge in [-0.25, -0.2) is 0 Å². The van der Waals surface area contributed by atoms with Gasteiger partial charge in [-0.2, -0.15) is 0 Å². The van der Waals surface area contributed by atoms with Crippen molar-refractivity contribution >= 4 is 11.8 Å². The van der Waals surface area contributed by atoms with Crippen molar-refractivity contribution in [3.05, 3.63) is 0 Å². The number of likely N-dealkylation sites (tertiary alicyclic amines) is 1. The maximum absolute atomic E-state index is 12.0. The number of hydrogen-bond donors (Lipinski definition) is 2. The largest absolute Gasteiger partial charge is 0.344 e. The summed E-state index contributed by atoms with van der Waals surface area (Å²) in [6.45, 7) is 5.08. The SMILES string of the molecule is CC(NC(=O)C1CCNC1)C(=O)N1CCCC1. The molecule has 0 aromatic rings. The van der Waals surface area contributed by atoms with Gasteiger partial charge in [-0.15, -0.1) is 0 Å². The van der Waals surface area contributed by atoms with Crippen LogP contribution in [0, 0.1) is 5.92 Å². The highest BCUT2D eigenvalue weighted by Gasteiger charge is 2.28. The predicted octanol–water partition coefficient (Wildman–Crippen LogP) is -0.277. The van der Waals surface area contributed by atoms with Crippen LogP contribution in [0.3, 0.4) is 0 Å². The molecule has 2 rings (SSSR count). The fourth-order valence-electron chi connectivity index (χ4n) is 2.48. The van der Waals surface area contributed by atoms with Crippen LogP contribution in [0.25, 0.3) is 0 Å². The Morgan fingerprint density at radius 3 is 2.65 bits per heavy atom. The molecular weight excluding hydrogens is 218 g/mol. The van der Waals surface area contributed by atoms with Crippen LogP contribution in [0.15, 0.2) is 0 Å². The second-order valence-electron chi connectivity index (χ2n) is 4.95. The number of rotatable bonds is 3. The molecule has 2 fully saturated rings. The van der Waals surface area contributed by atoms with E-state index < -0.39 is 0 Å². The van der Waals surface area contributed by atoms with Gasteiger partial charge in [0.25, 0.3) is 0 Å². The summed E-state index contributed by atoms with van der Waals surface area (Å²) in [6.07, 6.45) is 3.04. The third kappa shape index (κ3) is 2.97. The third-order valence-corrected chi connectivity index (χ3v) is 3.58. The number of amides is 2. The highest BCUT2D eigenvalue weighted by molar-refractivity contribution is 5.88. The van der Waals surface area contributed by atoms with Crippen LogP contribution in [0.1, 0.15) is 26.2 Å². The first-order valence-electron chi connectivity index (χ1n) is 6.48. The number of nitrogens with one attached hydrogen (secondary N) is 2. The first-order chi connectivity index (χ1) is 8.18. The smallest absolute Gasteiger partial charge is 0.244 e. The molecule has 5 heteroatoms. The van der Waals surface area contributed by atoms with Crippen molar-refractivity contribution in [3.8, 4) is 0 Å². The van der Waals surface area contributed by atoms with Crippen molar-refractivity contribution in [1.29, 1.82) is 0 Å². The first kappa shape index (κ1) is 12.4. The Balaban J connectivity index is 1.80. The molecule has 0 aliphatic carbocycles. The Kier molecular flexibility index (Phi) is 3.99. The summed E-state index contributed by atoms with van der Waals surface area (Å²) in [4.78, 5) is 25.7. The maximum atomic E-state index is 12.0. The molecule has 96 valence electrons. The summed E-state index contributed by atoms with van der Waals surface area (Å²) in [5.41, 5.74) is 0. The monoisotopic (exact) mass is 239 g/mol. The Bertz CT molecular complexity index is 294. The molecule has 2 aliphatic heterocycles. The van der Waals surface area contributed by atoms with E-state index in [0.29, 0.717) is 0 Å². The Hall–Kier alpha value is -1.10. The van der Waals surface area contributed by atoms with E-state index in [1.54, 1.807) is 6.92 Å². The highest BCUT2D eigenvalue weighted by Crippen LogP contribution is 2.11. The first-order valence-corrected chi connectivity index (χ1v) is 6.48. The molecule has 2 aliphatic rings. The second-order valence-corrected chi connectivity index (χ2v) is 4.95. The normalized spacial score (nSPS) is 25.9. The zero-order valence-electron chi connectivity index (χ0n) is 10.4. The summed E-state index contributed by atoms with van der Waals surface area (Å²) in [5, 5.41) is 5.98. The molecule has 0 bridgehead atoms. The molecule has 17 heavy (non-hydrogen) atoms. The summed E-state index contributed by atoms with van der Waals surface area (Å²) in [5.74, 6) is 0.0979. The molecular formula is C12H21N3O2. The Morgan fingerprint density at radius 2 is 2.06 bits per heavy atom. The molecule has 0 aromatic carbocycles. The van der Waals surface area contributed by atoms with Crippen LogP contribution >= 0.6 is 0 Å². The van der Waals surface area contributed by atoms with Crippen LogP contribution in [0.5, 0.6) is 0 Å². The van der Waals surface area contributed by atoms with Gasteiger partial charge in [0.05, 0.1) is 5.92 Å². The van der Waals surface area contributed by atoms with Crippen molar-refractivity contribution in [3.63, 3.8) is 0 Å². The number of carbonyl (C=O) groups is 2. The summed E-state index contributed by atoms with van der Waals surface area (Å²) in [7, 11) is 0. The molecule has 0 aromatic heterocycles. The van der Waals surface area contributed by atoms with Crippen molar-refractivity contribution in [2.75, 3.05) is 26.2 Å². The molecule has 2 atom stereocenters. The van der Waals surface area contributed by atoms with Gasteiger partial charge in [-0.3, -0.25) is 9.59 Å². The van der Waals surface area contributed by atoms with Gasteiger partial charge in [0.15, 0.2) is 0 Å². The molecule has 2 amide bonds. The molecule has 0 radical (unpaired) electrons. The summed E-state index contributed by atoms with van der Waals surface area (Å²) >= 11 is 0. The number of hydrogen-bond acceptors (Lipinski definition) is 3. The van der Waals surface area contributed by atoms with Gasteiger partial charge < -0.3 is 15.5 Å². The van der Waals surface area contributed by atoms with Gasteiger partial charge in [-0.05, 0) is 32.7 Å². The molecule has 0 saturated carbocycles. The van der Waals surface area contributed by atoms with Gasteiger partial charge in [-0.1, -0.05) is 0 Å². The number of carbonyl (C=O) groups excluding carboxylic acids is 2. The van der Waals surface area contributed by atoms with Gasteiger partial charge in [0, 0.05) is 19.6 Å². The average molecular weight is 239 g/mol. The average Bonchev–Trinajstić information content (AvgIpc) is 3.00. The fraction of sp³-hybridized carbons (Fsp3) is 0.833. The molecule has 5 nitrogen and oxygen atoms in total. The maximum Gasteiger partial charge on any atom is 0.244 e. The quantitative estimate of drug-likeness (QED) is 0.712. The van der Waals surface area contributed by atoms with Gasteiger partial charge in [0.1, 0.15) is 6.04 Å². The van der Waals surface area contributed by atoms with E-state index >= 15 is 0 Å². The second kappa shape index (κ2) is 5.49. The van der Waals surface area contributed by atoms with E-state index in [2.05, 4.69) is 10.6 Å². The minimum atomic E-state index is -0.388. The number of nitrogens with zero attached hydrogens (tertiary/aromatic N) is 1. The van der Waals surface area contributed by atoms with Crippen LogP contribution in [0.4, 0.5) is 0 Å². The standard InChI is InChI=1S/C12H21N3O2/c1-9(12(17)15-6-2-3-7-15)14-11(16)10-4-5-13-8-10/h9-10,13H,2-8H2,1H3,(H,14,16). The molecule has 2 saturated heterocycles. The van der Waals surface area contributed by atoms with Crippen LogP contribution in [-0.2, 0) is 9.59 Å². The van der Waals surface area contributed by atoms with E-state index in [0.717, 1.165) is 45.4 Å². The molecule has 2 unspecified atom stereocenters. The summed E-state index contributed by atoms with van der Waals surface area (Å²) in [6, 6.07) is -0.388. The lowest BCUT2D eigenvalue weighted by atomic mass is 10.1. The fourth-order valence-corrected chi connectivity index (χ4v) is 2.48. The third-order valence-electron chi connectivity index (χ3n) is 3.58. The van der Waals surface area contributed by atoms with E-state index in [-0.39, 0.29) is 23.8 Å². The Labute approximate surface area is 102 Å². The lowest BCUT2D eigenvalue weighted by Gasteiger charge is -2.22. The molecule has 2 N–H and O–H groups in total. The topological polar surface area (TPSA) is 61.4 Å². The van der Waals surface area contributed by atoms with E-state index in [9.17, 15) is 9.59 Å². The minimum absolute atomic E-state index is 0.00930. The lowest BCUT2D eigenvalue weighted by molar-refractivity contribution is -0.136. The van der Waals surface area contributed by atoms with E-state index in [4.69, 9.17) is 0 Å². The van der Waals surface area contributed by atoms with Crippen molar-refractivity contribution in [2.24, 2.45) is 5.92 Å². The van der Waals surface area contributed by atoms with Crippen molar-refractivity contribution in [2.45, 2.75) is 32.2 Å². The van der Waals surface area contributed by atoms with E-state index in [1.165, 1.54) is 0 Å². The zero-order chi connectivity index (χ0) is 12.3. The van der Waals surface area contributed by atoms with Crippen LogP contribution in [0.2, 0.25) is 0 Å². The molecule has 2 heterocycles. The van der Waals surface area contributed by atoms with Gasteiger partial charge >= 0.3 is 0 Å². The predicted molar refractivity (Wildman–Crippen MR) is 64.4 cm³/mol. The highest BCUT2D eigenvalue weighted by atomic mass is 16.2. The lowest BCUT2D eigenvalue weighted by Crippen LogP contribution is -2.47. The summed E-state index contributed by atoms with van der Waals surface area (Å²) < 4.78 is 0. The van der Waals surface area contributed by atoms with E-state index in [1.807, 2.05) is 4.90 Å². The van der Waals surface area contributed by atoms with Crippen LogP contribution < -0.4 is 10.6 Å². The van der Waals surface area contributed by atoms with Gasteiger partial charge in [0.2, 0.25) is 11.8 Å².